The molecule has 17 heavy (non-hydrogen) atoms. The minimum atomic E-state index is -1.02. The second kappa shape index (κ2) is 4.32. The Bertz CT molecular complexity index is 566. The van der Waals surface area contributed by atoms with Gasteiger partial charge in [-0.2, -0.15) is 5.10 Å². The molecule has 1 aromatic heterocycles. The lowest BCUT2D eigenvalue weighted by Crippen LogP contribution is -2.08. The molecule has 6 heteroatoms. The van der Waals surface area contributed by atoms with Crippen LogP contribution in [0.3, 0.4) is 0 Å². The first-order valence-electron chi connectivity index (χ1n) is 4.78. The molecule has 2 rings (SSSR count). The van der Waals surface area contributed by atoms with Crippen LogP contribution in [-0.2, 0) is 11.2 Å². The Morgan fingerprint density at radius 3 is 2.71 bits per heavy atom. The number of carbonyl (C=O) groups is 1. The molecule has 0 amide bonds. The second-order valence-electron chi connectivity index (χ2n) is 3.40. The van der Waals surface area contributed by atoms with Crippen molar-refractivity contribution >= 4 is 5.97 Å². The zero-order chi connectivity index (χ0) is 12.4. The summed E-state index contributed by atoms with van der Waals surface area (Å²) >= 11 is 0. The number of aliphatic carboxylic acids is 1. The fourth-order valence-corrected chi connectivity index (χ4v) is 1.47. The number of carboxylic acid groups (broad SMARTS) is 1. The van der Waals surface area contributed by atoms with E-state index < -0.39 is 17.6 Å². The van der Waals surface area contributed by atoms with Crippen LogP contribution in [0.2, 0.25) is 0 Å². The summed E-state index contributed by atoms with van der Waals surface area (Å²) < 4.78 is 27.0. The number of hydrogen-bond acceptors (Lipinski definition) is 2. The first kappa shape index (κ1) is 11.3. The molecular weight excluding hydrogens is 230 g/mol. The molecule has 0 saturated heterocycles. The summed E-state index contributed by atoms with van der Waals surface area (Å²) in [6.07, 6.45) is 1.17. The van der Waals surface area contributed by atoms with E-state index in [4.69, 9.17) is 5.11 Å². The molecule has 1 heterocycles. The highest BCUT2D eigenvalue weighted by atomic mass is 19.2. The molecule has 2 aromatic rings. The Morgan fingerprint density at radius 1 is 1.29 bits per heavy atom. The molecule has 0 bridgehead atoms. The van der Waals surface area contributed by atoms with Gasteiger partial charge in [0.25, 0.3) is 0 Å². The van der Waals surface area contributed by atoms with E-state index in [0.717, 1.165) is 12.1 Å². The van der Waals surface area contributed by atoms with Crippen molar-refractivity contribution in [3.8, 4) is 5.69 Å². The van der Waals surface area contributed by atoms with Crippen molar-refractivity contribution in [2.75, 3.05) is 0 Å². The van der Waals surface area contributed by atoms with Gasteiger partial charge in [0.15, 0.2) is 11.6 Å². The molecular formula is C11H8F2N2O2. The summed E-state index contributed by atoms with van der Waals surface area (Å²) in [5.41, 5.74) is 0.675. The van der Waals surface area contributed by atoms with Gasteiger partial charge < -0.3 is 5.11 Å². The average Bonchev–Trinajstić information content (AvgIpc) is 2.69. The molecule has 0 unspecified atom stereocenters. The van der Waals surface area contributed by atoms with Gasteiger partial charge in [0.1, 0.15) is 0 Å². The molecule has 0 aliphatic rings. The fourth-order valence-electron chi connectivity index (χ4n) is 1.47. The Balaban J connectivity index is 2.42. The van der Waals surface area contributed by atoms with E-state index in [-0.39, 0.29) is 12.1 Å². The maximum atomic E-state index is 13.0. The summed E-state index contributed by atoms with van der Waals surface area (Å²) in [4.78, 5) is 10.6. The van der Waals surface area contributed by atoms with Crippen molar-refractivity contribution in [2.24, 2.45) is 0 Å². The summed E-state index contributed by atoms with van der Waals surface area (Å²) in [6, 6.07) is 4.77. The molecule has 0 spiro atoms. The zero-order valence-electron chi connectivity index (χ0n) is 8.60. The van der Waals surface area contributed by atoms with Crippen molar-refractivity contribution in [1.29, 1.82) is 0 Å². The van der Waals surface area contributed by atoms with E-state index in [2.05, 4.69) is 5.10 Å². The van der Waals surface area contributed by atoms with Crippen LogP contribution in [0, 0.1) is 11.6 Å². The van der Waals surface area contributed by atoms with Crippen LogP contribution in [0.5, 0.6) is 0 Å². The first-order chi connectivity index (χ1) is 8.08. The third kappa shape index (κ3) is 2.30. The number of carboxylic acids is 1. The number of hydrogen-bond donors (Lipinski definition) is 1. The Kier molecular flexibility index (Phi) is 2.86. The van der Waals surface area contributed by atoms with Gasteiger partial charge in [0, 0.05) is 12.3 Å². The quantitative estimate of drug-likeness (QED) is 0.886. The molecule has 4 nitrogen and oxygen atoms in total. The van der Waals surface area contributed by atoms with E-state index in [1.165, 1.54) is 23.0 Å². The topological polar surface area (TPSA) is 55.1 Å². The lowest BCUT2D eigenvalue weighted by Gasteiger charge is -2.06. The van der Waals surface area contributed by atoms with E-state index in [0.29, 0.717) is 5.69 Å². The predicted molar refractivity (Wildman–Crippen MR) is 54.8 cm³/mol. The summed E-state index contributed by atoms with van der Waals surface area (Å²) in [5, 5.41) is 12.6. The summed E-state index contributed by atoms with van der Waals surface area (Å²) in [6.45, 7) is 0. The highest BCUT2D eigenvalue weighted by Crippen LogP contribution is 2.14. The number of halogens is 2. The number of rotatable bonds is 3. The van der Waals surface area contributed by atoms with E-state index in [9.17, 15) is 13.6 Å². The highest BCUT2D eigenvalue weighted by molar-refractivity contribution is 5.69. The Hall–Kier alpha value is -2.24. The largest absolute Gasteiger partial charge is 0.481 e. The predicted octanol–water partition coefficient (Wildman–Crippen LogP) is 1.78. The van der Waals surface area contributed by atoms with Crippen molar-refractivity contribution in [2.45, 2.75) is 6.42 Å². The van der Waals surface area contributed by atoms with Crippen LogP contribution >= 0.6 is 0 Å². The van der Waals surface area contributed by atoms with Crippen molar-refractivity contribution < 1.29 is 18.7 Å². The van der Waals surface area contributed by atoms with Gasteiger partial charge in [-0.15, -0.1) is 0 Å². The van der Waals surface area contributed by atoms with Crippen LogP contribution in [0.4, 0.5) is 8.78 Å². The molecule has 1 aromatic carbocycles. The zero-order valence-corrected chi connectivity index (χ0v) is 8.60. The summed E-state index contributed by atoms with van der Waals surface area (Å²) in [7, 11) is 0. The van der Waals surface area contributed by atoms with Crippen molar-refractivity contribution in [3.05, 3.63) is 47.8 Å². The highest BCUT2D eigenvalue weighted by Gasteiger charge is 2.10. The second-order valence-corrected chi connectivity index (χ2v) is 3.40. The monoisotopic (exact) mass is 238 g/mol. The van der Waals surface area contributed by atoms with Crippen LogP contribution < -0.4 is 0 Å². The fraction of sp³-hybridized carbons (Fsp3) is 0.0909. The molecule has 0 atom stereocenters. The van der Waals surface area contributed by atoms with Gasteiger partial charge >= 0.3 is 5.97 Å². The maximum absolute atomic E-state index is 13.0. The van der Waals surface area contributed by atoms with E-state index >= 15 is 0 Å². The smallest absolute Gasteiger partial charge is 0.309 e. The van der Waals surface area contributed by atoms with Gasteiger partial charge in [-0.05, 0) is 18.2 Å². The maximum Gasteiger partial charge on any atom is 0.309 e. The Labute approximate surface area is 95.1 Å². The molecule has 0 radical (unpaired) electrons. The SMILES string of the molecule is O=C(O)Cc1ccnn1-c1ccc(F)c(F)c1. The lowest BCUT2D eigenvalue weighted by atomic mass is 10.2. The molecule has 88 valence electrons. The van der Waals surface area contributed by atoms with Crippen LogP contribution in [0.25, 0.3) is 5.69 Å². The minimum absolute atomic E-state index is 0.237. The molecule has 1 N–H and O–H groups in total. The normalized spacial score (nSPS) is 10.5. The lowest BCUT2D eigenvalue weighted by molar-refractivity contribution is -0.136. The van der Waals surface area contributed by atoms with Gasteiger partial charge in [-0.3, -0.25) is 4.79 Å². The van der Waals surface area contributed by atoms with Gasteiger partial charge in [0.2, 0.25) is 0 Å². The third-order valence-electron chi connectivity index (χ3n) is 2.20. The number of aromatic nitrogens is 2. The molecule has 0 saturated carbocycles. The van der Waals surface area contributed by atoms with Crippen LogP contribution in [-0.4, -0.2) is 20.9 Å². The molecule has 0 aliphatic carbocycles. The standard InChI is InChI=1S/C11H8F2N2O2/c12-9-2-1-7(5-10(9)13)15-8(3-4-14-15)6-11(16)17/h1-5H,6H2,(H,16,17). The van der Waals surface area contributed by atoms with Crippen LogP contribution in [0.1, 0.15) is 5.69 Å². The third-order valence-corrected chi connectivity index (χ3v) is 2.20. The van der Waals surface area contributed by atoms with E-state index in [1.54, 1.807) is 0 Å². The van der Waals surface area contributed by atoms with Crippen molar-refractivity contribution in [3.63, 3.8) is 0 Å². The molecule has 0 fully saturated rings. The van der Waals surface area contributed by atoms with Gasteiger partial charge in [-0.1, -0.05) is 0 Å². The summed E-state index contributed by atoms with van der Waals surface area (Å²) in [5.74, 6) is -2.98. The minimum Gasteiger partial charge on any atom is -0.481 e. The van der Waals surface area contributed by atoms with E-state index in [1.807, 2.05) is 0 Å². The number of nitrogens with zero attached hydrogens (tertiary/aromatic N) is 2. The van der Waals surface area contributed by atoms with Gasteiger partial charge in [-0.25, -0.2) is 13.5 Å². The number of benzene rings is 1. The van der Waals surface area contributed by atoms with Gasteiger partial charge in [0.05, 0.1) is 17.8 Å². The molecule has 0 aliphatic heterocycles. The first-order valence-corrected chi connectivity index (χ1v) is 4.78. The average molecular weight is 238 g/mol. The van der Waals surface area contributed by atoms with Crippen LogP contribution in [0.15, 0.2) is 30.5 Å². The van der Waals surface area contributed by atoms with Crippen molar-refractivity contribution in [1.82, 2.24) is 9.78 Å². The Morgan fingerprint density at radius 2 is 2.06 bits per heavy atom.